The maximum atomic E-state index is 15.3. The van der Waals surface area contributed by atoms with Crippen LogP contribution < -0.4 is 15.8 Å². The van der Waals surface area contributed by atoms with Crippen molar-refractivity contribution in [3.63, 3.8) is 0 Å². The van der Waals surface area contributed by atoms with E-state index in [1.165, 1.54) is 18.5 Å². The Morgan fingerprint density at radius 1 is 1.27 bits per heavy atom. The minimum atomic E-state index is -0.663. The number of rotatable bonds is 11. The Labute approximate surface area is 262 Å². The van der Waals surface area contributed by atoms with Gasteiger partial charge in [-0.2, -0.15) is 5.26 Å². The van der Waals surface area contributed by atoms with Gasteiger partial charge in [-0.25, -0.2) is 14.4 Å². The Hall–Kier alpha value is -4.86. The molecular formula is C33H37FN8O3. The number of para-hydroxylation sites is 1. The summed E-state index contributed by atoms with van der Waals surface area (Å²) in [7, 11) is 1.97. The quantitative estimate of drug-likeness (QED) is 0.163. The van der Waals surface area contributed by atoms with E-state index in [0.717, 1.165) is 6.42 Å². The molecule has 1 unspecified atom stereocenters. The lowest BCUT2D eigenvalue weighted by atomic mass is 9.96. The number of carbonyl (C=O) groups is 1. The second kappa shape index (κ2) is 13.4. The van der Waals surface area contributed by atoms with Crippen molar-refractivity contribution in [1.29, 1.82) is 10.7 Å². The smallest absolute Gasteiger partial charge is 0.264 e. The zero-order chi connectivity index (χ0) is 32.1. The Balaban J connectivity index is 1.30. The van der Waals surface area contributed by atoms with Crippen LogP contribution in [0.2, 0.25) is 0 Å². The molecule has 3 aromatic rings. The number of nitrogen functional groups attached to an aromatic ring is 1. The van der Waals surface area contributed by atoms with Gasteiger partial charge in [0, 0.05) is 36.3 Å². The van der Waals surface area contributed by atoms with Gasteiger partial charge in [0.15, 0.2) is 0 Å². The summed E-state index contributed by atoms with van der Waals surface area (Å²) in [4.78, 5) is 25.7. The van der Waals surface area contributed by atoms with E-state index in [4.69, 9.17) is 20.6 Å². The summed E-state index contributed by atoms with van der Waals surface area (Å²) in [6.07, 6.45) is 4.48. The molecule has 234 valence electrons. The molecular weight excluding hydrogens is 575 g/mol. The van der Waals surface area contributed by atoms with E-state index in [0.29, 0.717) is 31.9 Å². The van der Waals surface area contributed by atoms with Crippen LogP contribution in [0.3, 0.4) is 0 Å². The molecule has 2 saturated heterocycles. The van der Waals surface area contributed by atoms with Crippen molar-refractivity contribution in [2.45, 2.75) is 44.3 Å². The summed E-state index contributed by atoms with van der Waals surface area (Å²) < 4.78 is 26.3. The number of nitrogens with two attached hydrogens (primary N) is 1. The fourth-order valence-corrected chi connectivity index (χ4v) is 5.50. The maximum absolute atomic E-state index is 15.3. The number of ether oxygens (including phenoxy) is 2. The molecule has 0 aliphatic carbocycles. The normalized spacial score (nSPS) is 17.1. The monoisotopic (exact) mass is 612 g/mol. The SMILES string of the molecule is CN(C1COC1)C(C)(C)/C=C(\C#N)C(=O)N1CCCC1CNc1ncnc(N)c1C(=N)c1ccc(Oc2ccccc2)cc1F. The van der Waals surface area contributed by atoms with E-state index >= 15 is 4.39 Å². The van der Waals surface area contributed by atoms with Crippen molar-refractivity contribution < 1.29 is 18.7 Å². The van der Waals surface area contributed by atoms with E-state index in [1.807, 2.05) is 39.1 Å². The van der Waals surface area contributed by atoms with Crippen molar-refractivity contribution in [3.05, 3.63) is 83.5 Å². The van der Waals surface area contributed by atoms with Gasteiger partial charge in [0.05, 0.1) is 30.5 Å². The van der Waals surface area contributed by atoms with Gasteiger partial charge >= 0.3 is 0 Å². The largest absolute Gasteiger partial charge is 0.457 e. The maximum Gasteiger partial charge on any atom is 0.264 e. The van der Waals surface area contributed by atoms with Gasteiger partial charge in [-0.3, -0.25) is 15.1 Å². The summed E-state index contributed by atoms with van der Waals surface area (Å²) in [5.41, 5.74) is 5.68. The van der Waals surface area contributed by atoms with Crippen LogP contribution in [0.25, 0.3) is 0 Å². The molecule has 1 aromatic heterocycles. The first-order valence-corrected chi connectivity index (χ1v) is 14.8. The molecule has 45 heavy (non-hydrogen) atoms. The van der Waals surface area contributed by atoms with Crippen molar-refractivity contribution >= 4 is 23.3 Å². The average molecular weight is 613 g/mol. The zero-order valence-corrected chi connectivity index (χ0v) is 25.6. The lowest BCUT2D eigenvalue weighted by molar-refractivity contribution is -0.127. The van der Waals surface area contributed by atoms with Crippen LogP contribution in [0.4, 0.5) is 16.0 Å². The second-order valence-electron chi connectivity index (χ2n) is 11.7. The predicted molar refractivity (Wildman–Crippen MR) is 169 cm³/mol. The number of amides is 1. The van der Waals surface area contributed by atoms with Crippen LogP contribution in [-0.4, -0.2) is 82.4 Å². The molecule has 2 aromatic carbocycles. The van der Waals surface area contributed by atoms with Crippen LogP contribution in [0.15, 0.2) is 66.5 Å². The van der Waals surface area contributed by atoms with E-state index in [9.17, 15) is 10.1 Å². The van der Waals surface area contributed by atoms with Gasteiger partial charge in [-0.05, 0) is 64.1 Å². The fraction of sp³-hybridized carbons (Fsp3) is 0.364. The van der Waals surface area contributed by atoms with E-state index in [1.54, 1.807) is 29.2 Å². The number of benzene rings is 2. The number of likely N-dealkylation sites (tertiary alicyclic amines) is 1. The number of nitrogens with one attached hydrogen (secondary N) is 2. The van der Waals surface area contributed by atoms with Gasteiger partial charge in [0.25, 0.3) is 5.91 Å². The number of nitriles is 1. The minimum absolute atomic E-state index is 0.00229. The zero-order valence-electron chi connectivity index (χ0n) is 25.6. The highest BCUT2D eigenvalue weighted by Crippen LogP contribution is 2.29. The van der Waals surface area contributed by atoms with E-state index < -0.39 is 11.4 Å². The Bertz CT molecular complexity index is 1630. The van der Waals surface area contributed by atoms with E-state index in [-0.39, 0.29) is 64.3 Å². The van der Waals surface area contributed by atoms with Crippen LogP contribution in [0.1, 0.15) is 37.8 Å². The molecule has 2 fully saturated rings. The molecule has 4 N–H and O–H groups in total. The molecule has 0 radical (unpaired) electrons. The summed E-state index contributed by atoms with van der Waals surface area (Å²) in [5, 5.41) is 22.0. The van der Waals surface area contributed by atoms with E-state index in [2.05, 4.69) is 26.3 Å². The first kappa shape index (κ1) is 31.6. The molecule has 11 nitrogen and oxygen atoms in total. The third-order valence-electron chi connectivity index (χ3n) is 8.38. The number of carbonyl (C=O) groups excluding carboxylic acids is 1. The Morgan fingerprint density at radius 3 is 2.69 bits per heavy atom. The number of nitrogens with zero attached hydrogens (tertiary/aromatic N) is 5. The Morgan fingerprint density at radius 2 is 2.02 bits per heavy atom. The lowest BCUT2D eigenvalue weighted by Gasteiger charge is -2.43. The minimum Gasteiger partial charge on any atom is -0.457 e. The first-order valence-electron chi connectivity index (χ1n) is 14.8. The second-order valence-corrected chi connectivity index (χ2v) is 11.7. The van der Waals surface area contributed by atoms with Crippen LogP contribution in [0, 0.1) is 22.6 Å². The number of aromatic nitrogens is 2. The van der Waals surface area contributed by atoms with Gasteiger partial charge < -0.3 is 25.4 Å². The van der Waals surface area contributed by atoms with Crippen molar-refractivity contribution in [2.24, 2.45) is 0 Å². The highest BCUT2D eigenvalue weighted by molar-refractivity contribution is 6.16. The molecule has 0 saturated carbocycles. The molecule has 5 rings (SSSR count). The van der Waals surface area contributed by atoms with Crippen molar-refractivity contribution in [3.8, 4) is 17.6 Å². The fourth-order valence-electron chi connectivity index (χ4n) is 5.50. The molecule has 0 bridgehead atoms. The van der Waals surface area contributed by atoms with Crippen LogP contribution in [0.5, 0.6) is 11.5 Å². The molecule has 2 aliphatic rings. The Kier molecular flexibility index (Phi) is 9.41. The molecule has 1 atom stereocenters. The van der Waals surface area contributed by atoms with Gasteiger partial charge in [0.1, 0.15) is 46.9 Å². The molecule has 2 aliphatic heterocycles. The van der Waals surface area contributed by atoms with Gasteiger partial charge in [0.2, 0.25) is 0 Å². The molecule has 0 spiro atoms. The lowest BCUT2D eigenvalue weighted by Crippen LogP contribution is -2.55. The molecule has 12 heteroatoms. The van der Waals surface area contributed by atoms with Gasteiger partial charge in [-0.1, -0.05) is 18.2 Å². The average Bonchev–Trinajstić information content (AvgIpc) is 3.46. The summed E-state index contributed by atoms with van der Waals surface area (Å²) in [6, 6.07) is 15.4. The van der Waals surface area contributed by atoms with Crippen molar-refractivity contribution in [2.75, 3.05) is 44.4 Å². The van der Waals surface area contributed by atoms with Crippen molar-refractivity contribution in [1.82, 2.24) is 19.8 Å². The predicted octanol–water partition coefficient (Wildman–Crippen LogP) is 4.37. The van der Waals surface area contributed by atoms with Gasteiger partial charge in [-0.15, -0.1) is 0 Å². The number of hydrogen-bond donors (Lipinski definition) is 3. The third kappa shape index (κ3) is 6.95. The van der Waals surface area contributed by atoms with Crippen LogP contribution in [-0.2, 0) is 9.53 Å². The molecule has 3 heterocycles. The topological polar surface area (TPSA) is 153 Å². The summed E-state index contributed by atoms with van der Waals surface area (Å²) in [5.74, 6) is 0.113. The summed E-state index contributed by atoms with van der Waals surface area (Å²) in [6.45, 7) is 5.99. The standard InChI is InChI=1S/C33H37FN8O3/c1-33(2,41(3)23-18-44-19-23)15-21(16-35)32(43)42-13-7-8-22(42)17-38-31-28(30(37)39-20-40-31)29(36)26-12-11-25(14-27(26)34)45-24-9-5-4-6-10-24/h4-6,9-12,14-15,20,22-23,36H,7-8,13,17-19H2,1-3H3,(H3,37,38,39,40)/b21-15+,36-29?. The number of likely N-dealkylation sites (N-methyl/N-ethyl adjacent to an activating group) is 1. The highest BCUT2D eigenvalue weighted by Gasteiger charge is 2.36. The van der Waals surface area contributed by atoms with Crippen LogP contribution >= 0.6 is 0 Å². The number of hydrogen-bond acceptors (Lipinski definition) is 10. The third-order valence-corrected chi connectivity index (χ3v) is 8.38. The number of halogens is 1. The highest BCUT2D eigenvalue weighted by atomic mass is 19.1. The number of anilines is 2. The molecule has 1 amide bonds. The first-order chi connectivity index (χ1) is 21.6. The summed E-state index contributed by atoms with van der Waals surface area (Å²) >= 11 is 0.